The van der Waals surface area contributed by atoms with Crippen molar-refractivity contribution in [2.75, 3.05) is 23.7 Å². The van der Waals surface area contributed by atoms with E-state index >= 15 is 0 Å². The zero-order valence-electron chi connectivity index (χ0n) is 16.8. The molecule has 3 N–H and O–H groups in total. The number of hydrogen-bond acceptors (Lipinski definition) is 5. The first-order valence-electron chi connectivity index (χ1n) is 9.45. The van der Waals surface area contributed by atoms with Crippen molar-refractivity contribution in [1.29, 1.82) is 0 Å². The van der Waals surface area contributed by atoms with Gasteiger partial charge in [-0.15, -0.1) is 11.3 Å². The van der Waals surface area contributed by atoms with Gasteiger partial charge in [0.15, 0.2) is 5.13 Å². The molecular formula is C20H27N5O2S. The topological polar surface area (TPSA) is 86.4 Å². The van der Waals surface area contributed by atoms with Gasteiger partial charge in [0.25, 0.3) is 0 Å². The zero-order valence-corrected chi connectivity index (χ0v) is 17.6. The number of aromatic nitrogens is 1. The van der Waals surface area contributed by atoms with Crippen molar-refractivity contribution in [2.24, 2.45) is 0 Å². The van der Waals surface area contributed by atoms with Gasteiger partial charge in [0.2, 0.25) is 5.91 Å². The highest BCUT2D eigenvalue weighted by Crippen LogP contribution is 2.28. The molecule has 0 unspecified atom stereocenters. The van der Waals surface area contributed by atoms with Crippen LogP contribution in [0, 0.1) is 13.8 Å². The van der Waals surface area contributed by atoms with Crippen molar-refractivity contribution in [3.8, 4) is 0 Å². The molecular weight excluding hydrogens is 374 g/mol. The van der Waals surface area contributed by atoms with Crippen molar-refractivity contribution >= 4 is 34.1 Å². The Morgan fingerprint density at radius 3 is 2.75 bits per heavy atom. The van der Waals surface area contributed by atoms with Gasteiger partial charge in [0.1, 0.15) is 0 Å². The van der Waals surface area contributed by atoms with Gasteiger partial charge in [-0.25, -0.2) is 9.78 Å². The number of carbonyl (C=O) groups excluding carboxylic acids is 2. The molecule has 7 nitrogen and oxygen atoms in total. The number of urea groups is 1. The molecule has 0 bridgehead atoms. The minimum absolute atomic E-state index is 0.0189. The van der Waals surface area contributed by atoms with Crippen molar-refractivity contribution in [1.82, 2.24) is 15.2 Å². The number of rotatable bonds is 5. The molecule has 0 fully saturated rings. The first-order valence-corrected chi connectivity index (χ1v) is 10.3. The van der Waals surface area contributed by atoms with E-state index in [-0.39, 0.29) is 18.0 Å². The second-order valence-corrected chi connectivity index (χ2v) is 8.55. The van der Waals surface area contributed by atoms with Crippen LogP contribution < -0.4 is 16.0 Å². The van der Waals surface area contributed by atoms with E-state index < -0.39 is 0 Å². The molecule has 0 radical (unpaired) electrons. The molecule has 1 aliphatic heterocycles. The van der Waals surface area contributed by atoms with Crippen LogP contribution in [0.3, 0.4) is 0 Å². The average Bonchev–Trinajstić information content (AvgIpc) is 2.97. The van der Waals surface area contributed by atoms with Crippen LogP contribution in [0.1, 0.15) is 35.5 Å². The zero-order chi connectivity index (χ0) is 20.3. The highest BCUT2D eigenvalue weighted by Gasteiger charge is 2.23. The highest BCUT2D eigenvalue weighted by molar-refractivity contribution is 7.15. The second kappa shape index (κ2) is 8.70. The molecule has 2 aromatic rings. The van der Waals surface area contributed by atoms with Crippen LogP contribution in [0.25, 0.3) is 0 Å². The van der Waals surface area contributed by atoms with E-state index in [9.17, 15) is 9.59 Å². The van der Waals surface area contributed by atoms with Crippen LogP contribution in [0.5, 0.6) is 0 Å². The Morgan fingerprint density at radius 2 is 2.04 bits per heavy atom. The average molecular weight is 402 g/mol. The predicted octanol–water partition coefficient (Wildman–Crippen LogP) is 3.29. The molecule has 1 aliphatic rings. The molecule has 0 spiro atoms. The highest BCUT2D eigenvalue weighted by atomic mass is 32.1. The number of amides is 3. The lowest BCUT2D eigenvalue weighted by atomic mass is 10.1. The quantitative estimate of drug-likeness (QED) is 0.718. The monoisotopic (exact) mass is 401 g/mol. The summed E-state index contributed by atoms with van der Waals surface area (Å²) in [4.78, 5) is 32.0. The first kappa shape index (κ1) is 20.3. The molecule has 8 heteroatoms. The van der Waals surface area contributed by atoms with Crippen molar-refractivity contribution in [3.05, 3.63) is 39.9 Å². The van der Waals surface area contributed by atoms with Crippen LogP contribution in [0.2, 0.25) is 0 Å². The number of aryl methyl sites for hydroxylation is 2. The van der Waals surface area contributed by atoms with E-state index in [1.807, 2.05) is 39.8 Å². The Kier molecular flexibility index (Phi) is 6.31. The second-order valence-electron chi connectivity index (χ2n) is 7.47. The van der Waals surface area contributed by atoms with Gasteiger partial charge in [0.05, 0.1) is 12.2 Å². The molecule has 0 saturated carbocycles. The molecule has 2 heterocycles. The fraction of sp³-hybridized carbons (Fsp3) is 0.450. The van der Waals surface area contributed by atoms with Gasteiger partial charge in [-0.05, 0) is 39.3 Å². The van der Waals surface area contributed by atoms with Gasteiger partial charge >= 0.3 is 6.03 Å². The van der Waals surface area contributed by atoms with Gasteiger partial charge < -0.3 is 10.6 Å². The molecule has 0 saturated heterocycles. The summed E-state index contributed by atoms with van der Waals surface area (Å²) in [6, 6.07) is 5.83. The normalized spacial score (nSPS) is 13.9. The Hall–Kier alpha value is -2.45. The molecule has 28 heavy (non-hydrogen) atoms. The van der Waals surface area contributed by atoms with E-state index in [0.717, 1.165) is 34.8 Å². The van der Waals surface area contributed by atoms with Gasteiger partial charge in [0, 0.05) is 36.1 Å². The number of benzene rings is 1. The van der Waals surface area contributed by atoms with Crippen LogP contribution in [-0.4, -0.2) is 41.0 Å². The van der Waals surface area contributed by atoms with Crippen molar-refractivity contribution < 1.29 is 9.59 Å². The van der Waals surface area contributed by atoms with Gasteiger partial charge in [-0.2, -0.15) is 0 Å². The number of fused-ring (bicyclic) bond motifs is 1. The molecule has 1 aromatic carbocycles. The Balaban J connectivity index is 1.56. The summed E-state index contributed by atoms with van der Waals surface area (Å²) in [5.41, 5.74) is 4.10. The van der Waals surface area contributed by atoms with Gasteiger partial charge in [-0.1, -0.05) is 17.7 Å². The fourth-order valence-corrected chi connectivity index (χ4v) is 4.22. The van der Waals surface area contributed by atoms with Crippen LogP contribution in [-0.2, 0) is 17.8 Å². The maximum absolute atomic E-state index is 12.5. The summed E-state index contributed by atoms with van der Waals surface area (Å²) in [6.45, 7) is 9.63. The van der Waals surface area contributed by atoms with E-state index in [0.29, 0.717) is 18.2 Å². The number of carbonyl (C=O) groups is 2. The third kappa shape index (κ3) is 5.30. The summed E-state index contributed by atoms with van der Waals surface area (Å²) in [6.07, 6.45) is 0.774. The van der Waals surface area contributed by atoms with Gasteiger partial charge in [-0.3, -0.25) is 15.0 Å². The molecule has 150 valence electrons. The summed E-state index contributed by atoms with van der Waals surface area (Å²) in [5, 5.41) is 9.18. The van der Waals surface area contributed by atoms with E-state index in [2.05, 4.69) is 31.9 Å². The number of nitrogens with one attached hydrogen (secondary N) is 3. The summed E-state index contributed by atoms with van der Waals surface area (Å²) >= 11 is 1.47. The molecule has 0 atom stereocenters. The number of nitrogens with zero attached hydrogens (tertiary/aromatic N) is 2. The van der Waals surface area contributed by atoms with Crippen molar-refractivity contribution in [3.63, 3.8) is 0 Å². The van der Waals surface area contributed by atoms with E-state index in [1.165, 1.54) is 16.9 Å². The lowest BCUT2D eigenvalue weighted by Crippen LogP contribution is -2.36. The van der Waals surface area contributed by atoms with E-state index in [1.54, 1.807) is 0 Å². The molecule has 3 rings (SSSR count). The number of thiazole rings is 1. The maximum atomic E-state index is 12.5. The van der Waals surface area contributed by atoms with E-state index in [4.69, 9.17) is 0 Å². The standard InChI is InChI=1S/C20H27N5O2S/c1-12(2)21-19(27)24-20-23-16-7-8-25(10-17(16)28-20)11-18(26)22-15-6-5-13(3)9-14(15)4/h5-6,9,12H,7-8,10-11H2,1-4H3,(H,22,26)(H2,21,23,24,27). The minimum atomic E-state index is -0.245. The molecule has 1 aromatic heterocycles. The summed E-state index contributed by atoms with van der Waals surface area (Å²) in [5.74, 6) is -0.0189. The third-order valence-corrected chi connectivity index (χ3v) is 5.47. The lowest BCUT2D eigenvalue weighted by molar-refractivity contribution is -0.117. The maximum Gasteiger partial charge on any atom is 0.321 e. The SMILES string of the molecule is Cc1ccc(NC(=O)CN2CCc3nc(NC(=O)NC(C)C)sc3C2)c(C)c1. The lowest BCUT2D eigenvalue weighted by Gasteiger charge is -2.25. The minimum Gasteiger partial charge on any atom is -0.336 e. The fourth-order valence-electron chi connectivity index (χ4n) is 3.18. The Labute approximate surface area is 169 Å². The Morgan fingerprint density at radius 1 is 1.25 bits per heavy atom. The number of hydrogen-bond donors (Lipinski definition) is 3. The van der Waals surface area contributed by atoms with Crippen LogP contribution in [0.15, 0.2) is 18.2 Å². The molecule has 0 aliphatic carbocycles. The molecule has 3 amide bonds. The van der Waals surface area contributed by atoms with Crippen LogP contribution >= 0.6 is 11.3 Å². The summed E-state index contributed by atoms with van der Waals surface area (Å²) < 4.78 is 0. The smallest absolute Gasteiger partial charge is 0.321 e. The van der Waals surface area contributed by atoms with Crippen molar-refractivity contribution in [2.45, 2.75) is 46.7 Å². The largest absolute Gasteiger partial charge is 0.336 e. The predicted molar refractivity (Wildman–Crippen MR) is 113 cm³/mol. The number of anilines is 2. The van der Waals surface area contributed by atoms with Crippen LogP contribution in [0.4, 0.5) is 15.6 Å². The first-order chi connectivity index (χ1) is 13.3. The summed E-state index contributed by atoms with van der Waals surface area (Å²) in [7, 11) is 0. The third-order valence-electron chi connectivity index (χ3n) is 4.47. The Bertz CT molecular complexity index is 877.